The van der Waals surface area contributed by atoms with E-state index in [2.05, 4.69) is 0 Å². The molecule has 45 valence electrons. The molecule has 0 saturated heterocycles. The van der Waals surface area contributed by atoms with Gasteiger partial charge in [0.25, 0.3) is 0 Å². The average molecular weight is 157 g/mol. The van der Waals surface area contributed by atoms with Crippen molar-refractivity contribution in [1.29, 1.82) is 0 Å². The maximum absolute atomic E-state index is 8.93. The Morgan fingerprint density at radius 1 is 1.00 bits per heavy atom. The fourth-order valence-corrected chi connectivity index (χ4v) is 0. The SMILES string of the molecule is O.O=C([O-])C(=O)[O-].[V+2]. The molecule has 0 aromatic rings. The molecule has 0 heterocycles. The molecule has 0 atom stereocenters. The van der Waals surface area contributed by atoms with Gasteiger partial charge in [0.2, 0.25) is 0 Å². The summed E-state index contributed by atoms with van der Waals surface area (Å²) in [5.41, 5.74) is 0. The summed E-state index contributed by atoms with van der Waals surface area (Å²) >= 11 is 0. The number of aliphatic carboxylic acids is 2. The van der Waals surface area contributed by atoms with Crippen LogP contribution < -0.4 is 10.2 Å². The molecule has 0 aliphatic rings. The number of carbonyl (C=O) groups is 2. The molecule has 5 nitrogen and oxygen atoms in total. The maximum Gasteiger partial charge on any atom is 2.00 e. The summed E-state index contributed by atoms with van der Waals surface area (Å²) in [6.45, 7) is 0. The number of carbonyl (C=O) groups excluding carboxylic acids is 2. The monoisotopic (exact) mass is 157 g/mol. The van der Waals surface area contributed by atoms with E-state index in [9.17, 15) is 0 Å². The van der Waals surface area contributed by atoms with Gasteiger partial charge in [-0.05, 0) is 0 Å². The molecule has 2 N–H and O–H groups in total. The minimum absolute atomic E-state index is 0. The molecule has 0 spiro atoms. The van der Waals surface area contributed by atoms with E-state index in [1.54, 1.807) is 0 Å². The molecular formula is C2H2O5V. The standard InChI is InChI=1S/C2H2O4.H2O.V/c3-1(4)2(5)6;;/h(H,3,4)(H,5,6);1H2;/q;;+2/p-2. The van der Waals surface area contributed by atoms with E-state index in [1.165, 1.54) is 0 Å². The van der Waals surface area contributed by atoms with Crippen LogP contribution >= 0.6 is 0 Å². The second kappa shape index (κ2) is 6.48. The van der Waals surface area contributed by atoms with Crippen molar-refractivity contribution in [3.8, 4) is 0 Å². The van der Waals surface area contributed by atoms with Gasteiger partial charge in [-0.3, -0.25) is 0 Å². The minimum atomic E-state index is -2.19. The molecule has 0 aromatic heterocycles. The Morgan fingerprint density at radius 3 is 1.12 bits per heavy atom. The molecule has 0 aliphatic carbocycles. The van der Waals surface area contributed by atoms with E-state index >= 15 is 0 Å². The number of carboxylic acid groups (broad SMARTS) is 2. The van der Waals surface area contributed by atoms with Crippen LogP contribution in [0, 0.1) is 0 Å². The molecule has 0 bridgehead atoms. The molecule has 0 saturated carbocycles. The van der Waals surface area contributed by atoms with Crippen LogP contribution in [0.3, 0.4) is 0 Å². The summed E-state index contributed by atoms with van der Waals surface area (Å²) in [4.78, 5) is 17.9. The van der Waals surface area contributed by atoms with E-state index in [4.69, 9.17) is 19.8 Å². The van der Waals surface area contributed by atoms with E-state index in [0.717, 1.165) is 0 Å². The number of carboxylic acids is 2. The molecule has 0 rings (SSSR count). The van der Waals surface area contributed by atoms with Crippen molar-refractivity contribution in [3.63, 3.8) is 0 Å². The minimum Gasteiger partial charge on any atom is -0.543 e. The Hall–Kier alpha value is -0.516. The molecule has 8 heavy (non-hydrogen) atoms. The van der Waals surface area contributed by atoms with Gasteiger partial charge in [0.15, 0.2) is 0 Å². The second-order valence-corrected chi connectivity index (χ2v) is 0.575. The second-order valence-electron chi connectivity index (χ2n) is 0.575. The summed E-state index contributed by atoms with van der Waals surface area (Å²) in [7, 11) is 0. The van der Waals surface area contributed by atoms with Gasteiger partial charge in [0.1, 0.15) is 0 Å². The number of hydrogen-bond donors (Lipinski definition) is 0. The van der Waals surface area contributed by atoms with Crippen molar-refractivity contribution in [2.45, 2.75) is 0 Å². The third kappa shape index (κ3) is 9.08. The first-order chi connectivity index (χ1) is 2.64. The summed E-state index contributed by atoms with van der Waals surface area (Å²) in [6.07, 6.45) is 0. The largest absolute Gasteiger partial charge is 2.00 e. The maximum atomic E-state index is 8.93. The molecular weight excluding hydrogens is 155 g/mol. The van der Waals surface area contributed by atoms with Crippen molar-refractivity contribution in [3.05, 3.63) is 0 Å². The third-order valence-corrected chi connectivity index (χ3v) is 0.167. The van der Waals surface area contributed by atoms with Gasteiger partial charge in [0.05, 0.1) is 11.9 Å². The van der Waals surface area contributed by atoms with Crippen LogP contribution in [0.5, 0.6) is 0 Å². The Morgan fingerprint density at radius 2 is 1.12 bits per heavy atom. The van der Waals surface area contributed by atoms with Crippen LogP contribution in [-0.2, 0) is 28.1 Å². The molecule has 0 fully saturated rings. The van der Waals surface area contributed by atoms with Crippen LogP contribution in [-0.4, -0.2) is 17.4 Å². The summed E-state index contributed by atoms with van der Waals surface area (Å²) in [5, 5.41) is 17.9. The first kappa shape index (κ1) is 15.6. The molecule has 1 radical (unpaired) electrons. The first-order valence-corrected chi connectivity index (χ1v) is 1.07. The molecule has 6 heteroatoms. The third-order valence-electron chi connectivity index (χ3n) is 0.167. The van der Waals surface area contributed by atoms with Crippen molar-refractivity contribution in [1.82, 2.24) is 0 Å². The Labute approximate surface area is 56.5 Å². The van der Waals surface area contributed by atoms with Gasteiger partial charge in [-0.25, -0.2) is 0 Å². The summed E-state index contributed by atoms with van der Waals surface area (Å²) < 4.78 is 0. The molecule has 0 aliphatic heterocycles. The number of rotatable bonds is 0. The Kier molecular flexibility index (Phi) is 12.7. The fourth-order valence-electron chi connectivity index (χ4n) is 0. The van der Waals surface area contributed by atoms with Gasteiger partial charge in [-0.1, -0.05) is 0 Å². The van der Waals surface area contributed by atoms with Gasteiger partial charge < -0.3 is 25.3 Å². The van der Waals surface area contributed by atoms with Gasteiger partial charge in [-0.2, -0.15) is 0 Å². The summed E-state index contributed by atoms with van der Waals surface area (Å²) in [5.74, 6) is -4.37. The molecule has 0 amide bonds. The van der Waals surface area contributed by atoms with E-state index in [0.29, 0.717) is 0 Å². The smallest absolute Gasteiger partial charge is 0.543 e. The van der Waals surface area contributed by atoms with Crippen LogP contribution in [0.15, 0.2) is 0 Å². The van der Waals surface area contributed by atoms with E-state index in [-0.39, 0.29) is 24.0 Å². The Balaban J connectivity index is -0.000000125. The van der Waals surface area contributed by atoms with E-state index in [1.807, 2.05) is 0 Å². The number of hydrogen-bond acceptors (Lipinski definition) is 4. The van der Waals surface area contributed by atoms with Crippen LogP contribution in [0.4, 0.5) is 0 Å². The zero-order valence-corrected chi connectivity index (χ0v) is 4.98. The van der Waals surface area contributed by atoms with Crippen LogP contribution in [0.1, 0.15) is 0 Å². The van der Waals surface area contributed by atoms with E-state index < -0.39 is 11.9 Å². The average Bonchev–Trinajstić information content (AvgIpc) is 1.36. The van der Waals surface area contributed by atoms with Gasteiger partial charge in [-0.15, -0.1) is 0 Å². The van der Waals surface area contributed by atoms with Gasteiger partial charge >= 0.3 is 18.6 Å². The van der Waals surface area contributed by atoms with Crippen molar-refractivity contribution >= 4 is 11.9 Å². The molecule has 0 unspecified atom stereocenters. The quantitative estimate of drug-likeness (QED) is 0.330. The topological polar surface area (TPSA) is 112 Å². The van der Waals surface area contributed by atoms with Crippen molar-refractivity contribution in [2.24, 2.45) is 0 Å². The predicted octanol–water partition coefficient (Wildman–Crippen LogP) is -4.34. The van der Waals surface area contributed by atoms with Crippen LogP contribution in [0.25, 0.3) is 0 Å². The Bertz CT molecular complexity index is 76.4. The summed E-state index contributed by atoms with van der Waals surface area (Å²) in [6, 6.07) is 0. The first-order valence-electron chi connectivity index (χ1n) is 1.07. The normalized spacial score (nSPS) is 5.50. The van der Waals surface area contributed by atoms with Crippen molar-refractivity contribution in [2.75, 3.05) is 0 Å². The predicted molar refractivity (Wildman–Crippen MR) is 13.6 cm³/mol. The fraction of sp³-hybridized carbons (Fsp3) is 0. The van der Waals surface area contributed by atoms with Crippen LogP contribution in [0.2, 0.25) is 0 Å². The van der Waals surface area contributed by atoms with Crippen molar-refractivity contribution < 1.29 is 43.8 Å². The zero-order chi connectivity index (χ0) is 5.15. The molecule has 0 aromatic carbocycles. The zero-order valence-electron chi connectivity index (χ0n) is 3.58. The van der Waals surface area contributed by atoms with Gasteiger partial charge in [0, 0.05) is 0 Å².